The van der Waals surface area contributed by atoms with Crippen LogP contribution in [0.3, 0.4) is 0 Å². The second-order valence-electron chi connectivity index (χ2n) is 6.68. The van der Waals surface area contributed by atoms with Crippen LogP contribution in [0.2, 0.25) is 0 Å². The number of hydrogen-bond acceptors (Lipinski definition) is 3. The van der Waals surface area contributed by atoms with Crippen LogP contribution in [0, 0.1) is 0 Å². The van der Waals surface area contributed by atoms with Crippen LogP contribution in [-0.4, -0.2) is 27.2 Å². The SMILES string of the molecule is CCC(C/C=C/c1ccc(N(CC)CC)cc1OC)c1ccccc1NC. The molecule has 0 saturated heterocycles. The number of allylic oxidation sites excluding steroid dienone is 1. The molecule has 0 aliphatic heterocycles. The maximum absolute atomic E-state index is 5.64. The maximum Gasteiger partial charge on any atom is 0.128 e. The monoisotopic (exact) mass is 366 g/mol. The number of anilines is 2. The number of nitrogens with one attached hydrogen (secondary N) is 1. The highest BCUT2D eigenvalue weighted by Gasteiger charge is 2.12. The first-order valence-electron chi connectivity index (χ1n) is 10.0. The number of benzene rings is 2. The molecule has 0 amide bonds. The number of hydrogen-bond donors (Lipinski definition) is 1. The molecular weight excluding hydrogens is 332 g/mol. The Balaban J connectivity index is 2.16. The van der Waals surface area contributed by atoms with E-state index in [0.29, 0.717) is 5.92 Å². The fourth-order valence-corrected chi connectivity index (χ4v) is 3.58. The van der Waals surface area contributed by atoms with Crippen LogP contribution in [0.15, 0.2) is 48.5 Å². The Morgan fingerprint density at radius 2 is 1.81 bits per heavy atom. The molecule has 3 nitrogen and oxygen atoms in total. The molecule has 0 aliphatic carbocycles. The normalized spacial score (nSPS) is 12.2. The van der Waals surface area contributed by atoms with Crippen molar-refractivity contribution < 1.29 is 4.74 Å². The summed E-state index contributed by atoms with van der Waals surface area (Å²) in [6.07, 6.45) is 6.59. The lowest BCUT2D eigenvalue weighted by Gasteiger charge is -2.22. The lowest BCUT2D eigenvalue weighted by atomic mass is 9.91. The van der Waals surface area contributed by atoms with Gasteiger partial charge in [-0.3, -0.25) is 0 Å². The summed E-state index contributed by atoms with van der Waals surface area (Å²) in [6.45, 7) is 8.61. The topological polar surface area (TPSA) is 24.5 Å². The quantitative estimate of drug-likeness (QED) is 0.543. The van der Waals surface area contributed by atoms with E-state index in [9.17, 15) is 0 Å². The molecule has 0 fully saturated rings. The number of methoxy groups -OCH3 is 1. The zero-order valence-electron chi connectivity index (χ0n) is 17.5. The Bertz CT molecular complexity index is 735. The summed E-state index contributed by atoms with van der Waals surface area (Å²) in [6, 6.07) is 15.1. The Kier molecular flexibility index (Phi) is 8.25. The van der Waals surface area contributed by atoms with Crippen molar-refractivity contribution in [3.63, 3.8) is 0 Å². The molecule has 2 aromatic rings. The van der Waals surface area contributed by atoms with Gasteiger partial charge in [0.2, 0.25) is 0 Å². The van der Waals surface area contributed by atoms with Crippen molar-refractivity contribution in [2.75, 3.05) is 37.5 Å². The Labute approximate surface area is 165 Å². The molecule has 0 radical (unpaired) electrons. The van der Waals surface area contributed by atoms with Gasteiger partial charge in [-0.25, -0.2) is 0 Å². The van der Waals surface area contributed by atoms with Crippen LogP contribution < -0.4 is 15.0 Å². The number of rotatable bonds is 10. The van der Waals surface area contributed by atoms with Gasteiger partial charge >= 0.3 is 0 Å². The van der Waals surface area contributed by atoms with Gasteiger partial charge in [0.1, 0.15) is 5.75 Å². The molecule has 3 heteroatoms. The molecule has 146 valence electrons. The summed E-state index contributed by atoms with van der Waals surface area (Å²) < 4.78 is 5.64. The minimum absolute atomic E-state index is 0.505. The third-order valence-electron chi connectivity index (χ3n) is 5.23. The Morgan fingerprint density at radius 1 is 1.07 bits per heavy atom. The van der Waals surface area contributed by atoms with E-state index in [1.807, 2.05) is 7.05 Å². The molecule has 27 heavy (non-hydrogen) atoms. The van der Waals surface area contributed by atoms with Crippen molar-refractivity contribution in [2.24, 2.45) is 0 Å². The van der Waals surface area contributed by atoms with E-state index < -0.39 is 0 Å². The van der Waals surface area contributed by atoms with Gasteiger partial charge in [-0.15, -0.1) is 0 Å². The third-order valence-corrected chi connectivity index (χ3v) is 5.23. The predicted molar refractivity (Wildman–Crippen MR) is 119 cm³/mol. The van der Waals surface area contributed by atoms with E-state index in [1.54, 1.807) is 7.11 Å². The summed E-state index contributed by atoms with van der Waals surface area (Å²) >= 11 is 0. The van der Waals surface area contributed by atoms with Gasteiger partial charge in [0.25, 0.3) is 0 Å². The van der Waals surface area contributed by atoms with E-state index in [4.69, 9.17) is 4.74 Å². The van der Waals surface area contributed by atoms with Gasteiger partial charge in [0, 0.05) is 43.1 Å². The van der Waals surface area contributed by atoms with Gasteiger partial charge in [0.15, 0.2) is 0 Å². The highest BCUT2D eigenvalue weighted by atomic mass is 16.5. The minimum Gasteiger partial charge on any atom is -0.496 e. The number of para-hydroxylation sites is 1. The smallest absolute Gasteiger partial charge is 0.128 e. The van der Waals surface area contributed by atoms with Crippen LogP contribution in [-0.2, 0) is 0 Å². The molecule has 0 aromatic heterocycles. The van der Waals surface area contributed by atoms with Gasteiger partial charge in [0.05, 0.1) is 7.11 Å². The number of ether oxygens (including phenoxy) is 1. The first kappa shape index (κ1) is 20.9. The summed E-state index contributed by atoms with van der Waals surface area (Å²) in [5.41, 5.74) is 4.95. The molecule has 1 atom stereocenters. The Hall–Kier alpha value is -2.42. The molecule has 2 aromatic carbocycles. The van der Waals surface area contributed by atoms with E-state index in [0.717, 1.165) is 37.2 Å². The predicted octanol–water partition coefficient (Wildman–Crippen LogP) is 6.18. The highest BCUT2D eigenvalue weighted by Crippen LogP contribution is 2.31. The van der Waals surface area contributed by atoms with Gasteiger partial charge in [-0.05, 0) is 56.4 Å². The van der Waals surface area contributed by atoms with Crippen molar-refractivity contribution >= 4 is 17.5 Å². The van der Waals surface area contributed by atoms with Crippen LogP contribution in [0.25, 0.3) is 6.08 Å². The maximum atomic E-state index is 5.64. The molecule has 1 N–H and O–H groups in total. The Morgan fingerprint density at radius 3 is 2.44 bits per heavy atom. The van der Waals surface area contributed by atoms with Crippen LogP contribution in [0.5, 0.6) is 5.75 Å². The average Bonchev–Trinajstić information content (AvgIpc) is 2.72. The van der Waals surface area contributed by atoms with Crippen molar-refractivity contribution in [1.82, 2.24) is 0 Å². The molecule has 0 aliphatic rings. The zero-order valence-corrected chi connectivity index (χ0v) is 17.5. The highest BCUT2D eigenvalue weighted by molar-refractivity contribution is 5.64. The zero-order chi connectivity index (χ0) is 19.6. The lowest BCUT2D eigenvalue weighted by Crippen LogP contribution is -2.21. The van der Waals surface area contributed by atoms with Crippen molar-refractivity contribution in [3.8, 4) is 5.75 Å². The fourth-order valence-electron chi connectivity index (χ4n) is 3.58. The second-order valence-corrected chi connectivity index (χ2v) is 6.68. The number of nitrogens with zero attached hydrogens (tertiary/aromatic N) is 1. The van der Waals surface area contributed by atoms with Gasteiger partial charge < -0.3 is 15.0 Å². The third kappa shape index (κ3) is 5.29. The molecule has 2 rings (SSSR count). The van der Waals surface area contributed by atoms with Crippen molar-refractivity contribution in [3.05, 3.63) is 59.7 Å². The summed E-state index contributed by atoms with van der Waals surface area (Å²) in [5, 5.41) is 3.32. The fraction of sp³-hybridized carbons (Fsp3) is 0.417. The summed E-state index contributed by atoms with van der Waals surface area (Å²) in [4.78, 5) is 2.33. The molecule has 0 heterocycles. The van der Waals surface area contributed by atoms with Gasteiger partial charge in [-0.1, -0.05) is 37.3 Å². The first-order chi connectivity index (χ1) is 13.2. The standard InChI is InChI=1S/C24H34N2O/c1-6-19(22-14-9-10-15-23(22)25-4)12-11-13-20-16-17-21(18-24(20)27-5)26(7-2)8-3/h9-11,13-19,25H,6-8,12H2,1-5H3/b13-11+. The molecule has 0 spiro atoms. The second kappa shape index (κ2) is 10.7. The van der Waals surface area contributed by atoms with Crippen LogP contribution in [0.1, 0.15) is 50.7 Å². The van der Waals surface area contributed by atoms with Gasteiger partial charge in [-0.2, -0.15) is 0 Å². The van der Waals surface area contributed by atoms with Crippen molar-refractivity contribution in [2.45, 2.75) is 39.5 Å². The molecule has 0 saturated carbocycles. The minimum atomic E-state index is 0.505. The van der Waals surface area contributed by atoms with E-state index >= 15 is 0 Å². The molecular formula is C24H34N2O. The molecule has 0 bridgehead atoms. The van der Waals surface area contributed by atoms with Crippen molar-refractivity contribution in [1.29, 1.82) is 0 Å². The molecule has 1 unspecified atom stereocenters. The van der Waals surface area contributed by atoms with E-state index in [2.05, 4.69) is 85.6 Å². The van der Waals surface area contributed by atoms with Crippen LogP contribution >= 0.6 is 0 Å². The summed E-state index contributed by atoms with van der Waals surface area (Å²) in [7, 11) is 3.74. The van der Waals surface area contributed by atoms with E-state index in [-0.39, 0.29) is 0 Å². The van der Waals surface area contributed by atoms with E-state index in [1.165, 1.54) is 16.9 Å². The lowest BCUT2D eigenvalue weighted by molar-refractivity contribution is 0.414. The first-order valence-corrected chi connectivity index (χ1v) is 10.0. The summed E-state index contributed by atoms with van der Waals surface area (Å²) in [5.74, 6) is 1.44. The van der Waals surface area contributed by atoms with Crippen LogP contribution in [0.4, 0.5) is 11.4 Å². The largest absolute Gasteiger partial charge is 0.496 e. The average molecular weight is 367 g/mol.